The monoisotopic (exact) mass is 342 g/mol. The first-order valence-electron chi connectivity index (χ1n) is 8.38. The van der Waals surface area contributed by atoms with E-state index in [2.05, 4.69) is 46.6 Å². The average Bonchev–Trinajstić information content (AvgIpc) is 3.05. The van der Waals surface area contributed by atoms with Crippen LogP contribution < -0.4 is 5.32 Å². The van der Waals surface area contributed by atoms with Gasteiger partial charge in [0.1, 0.15) is 0 Å². The zero-order valence-electron chi connectivity index (χ0n) is 14.6. The molecule has 2 aromatic carbocycles. The zero-order chi connectivity index (χ0) is 18.1. The second-order valence-corrected chi connectivity index (χ2v) is 6.30. The minimum Gasteiger partial charge on any atom is -0.326 e. The number of amides is 1. The Morgan fingerprint density at radius 2 is 1.81 bits per heavy atom. The van der Waals surface area contributed by atoms with Gasteiger partial charge >= 0.3 is 0 Å². The highest BCUT2D eigenvalue weighted by Crippen LogP contribution is 2.27. The van der Waals surface area contributed by atoms with E-state index in [9.17, 15) is 4.79 Å². The lowest BCUT2D eigenvalue weighted by Gasteiger charge is -2.06. The second kappa shape index (κ2) is 6.44. The Morgan fingerprint density at radius 3 is 2.58 bits per heavy atom. The molecule has 4 aromatic rings. The number of aromatic nitrogens is 3. The van der Waals surface area contributed by atoms with Gasteiger partial charge in [-0.15, -0.1) is 0 Å². The molecule has 0 aliphatic rings. The SMILES string of the molecule is CC(=O)Nc1cccc(-c2cnn3cc(-c4ccc(C)cc4)cnc23)c1. The Hall–Kier alpha value is -3.47. The maximum absolute atomic E-state index is 11.3. The number of nitrogens with zero attached hydrogens (tertiary/aromatic N) is 3. The summed E-state index contributed by atoms with van der Waals surface area (Å²) >= 11 is 0. The van der Waals surface area contributed by atoms with Crippen LogP contribution >= 0.6 is 0 Å². The van der Waals surface area contributed by atoms with Gasteiger partial charge in [0.2, 0.25) is 5.91 Å². The van der Waals surface area contributed by atoms with Crippen molar-refractivity contribution in [2.24, 2.45) is 0 Å². The number of hydrogen-bond acceptors (Lipinski definition) is 3. The molecule has 0 fully saturated rings. The summed E-state index contributed by atoms with van der Waals surface area (Å²) in [7, 11) is 0. The summed E-state index contributed by atoms with van der Waals surface area (Å²) in [4.78, 5) is 15.9. The lowest BCUT2D eigenvalue weighted by molar-refractivity contribution is -0.114. The van der Waals surface area contributed by atoms with Crippen LogP contribution in [0.15, 0.2) is 67.1 Å². The lowest BCUT2D eigenvalue weighted by Crippen LogP contribution is -2.05. The number of anilines is 1. The van der Waals surface area contributed by atoms with E-state index in [-0.39, 0.29) is 5.91 Å². The van der Waals surface area contributed by atoms with Gasteiger partial charge < -0.3 is 5.32 Å². The molecular weight excluding hydrogens is 324 g/mol. The van der Waals surface area contributed by atoms with E-state index in [1.807, 2.05) is 36.7 Å². The molecule has 0 aliphatic heterocycles. The predicted molar refractivity (Wildman–Crippen MR) is 103 cm³/mol. The number of benzene rings is 2. The van der Waals surface area contributed by atoms with Crippen LogP contribution in [0.25, 0.3) is 27.9 Å². The molecule has 26 heavy (non-hydrogen) atoms. The van der Waals surface area contributed by atoms with Crippen molar-refractivity contribution in [3.8, 4) is 22.3 Å². The molecule has 2 aromatic heterocycles. The molecule has 0 aliphatic carbocycles. The number of rotatable bonds is 3. The van der Waals surface area contributed by atoms with Gasteiger partial charge in [-0.2, -0.15) is 5.10 Å². The summed E-state index contributed by atoms with van der Waals surface area (Å²) in [5.41, 5.74) is 6.76. The third kappa shape index (κ3) is 3.07. The highest BCUT2D eigenvalue weighted by atomic mass is 16.1. The first-order chi connectivity index (χ1) is 12.6. The first kappa shape index (κ1) is 16.0. The average molecular weight is 342 g/mol. The minimum atomic E-state index is -0.0946. The van der Waals surface area contributed by atoms with E-state index in [0.29, 0.717) is 0 Å². The summed E-state index contributed by atoms with van der Waals surface area (Å²) in [6.45, 7) is 3.57. The van der Waals surface area contributed by atoms with Crippen LogP contribution in [0.5, 0.6) is 0 Å². The zero-order valence-corrected chi connectivity index (χ0v) is 14.6. The van der Waals surface area contributed by atoms with Crippen LogP contribution in [-0.4, -0.2) is 20.5 Å². The highest BCUT2D eigenvalue weighted by molar-refractivity contribution is 5.90. The van der Waals surface area contributed by atoms with Gasteiger partial charge in [0, 0.05) is 36.1 Å². The van der Waals surface area contributed by atoms with Crippen molar-refractivity contribution in [3.05, 3.63) is 72.7 Å². The molecule has 0 atom stereocenters. The molecular formula is C21H18N4O. The smallest absolute Gasteiger partial charge is 0.221 e. The molecule has 0 unspecified atom stereocenters. The van der Waals surface area contributed by atoms with Crippen molar-refractivity contribution in [1.29, 1.82) is 0 Å². The van der Waals surface area contributed by atoms with Gasteiger partial charge in [-0.05, 0) is 30.2 Å². The molecule has 128 valence electrons. The minimum absolute atomic E-state index is 0.0946. The first-order valence-corrected chi connectivity index (χ1v) is 8.38. The van der Waals surface area contributed by atoms with Crippen molar-refractivity contribution >= 4 is 17.2 Å². The number of carbonyl (C=O) groups is 1. The molecule has 2 heterocycles. The van der Waals surface area contributed by atoms with Gasteiger partial charge in [0.05, 0.1) is 6.20 Å². The van der Waals surface area contributed by atoms with E-state index < -0.39 is 0 Å². The third-order valence-electron chi connectivity index (χ3n) is 4.24. The fraction of sp³-hybridized carbons (Fsp3) is 0.0952. The van der Waals surface area contributed by atoms with Gasteiger partial charge in [-0.3, -0.25) is 4.79 Å². The Kier molecular flexibility index (Phi) is 3.97. The van der Waals surface area contributed by atoms with Crippen molar-refractivity contribution in [2.45, 2.75) is 13.8 Å². The molecule has 1 amide bonds. The molecule has 0 saturated heterocycles. The van der Waals surface area contributed by atoms with Gasteiger partial charge in [0.15, 0.2) is 5.65 Å². The van der Waals surface area contributed by atoms with E-state index in [4.69, 9.17) is 0 Å². The summed E-state index contributed by atoms with van der Waals surface area (Å²) in [5.74, 6) is -0.0946. The maximum Gasteiger partial charge on any atom is 0.221 e. The summed E-state index contributed by atoms with van der Waals surface area (Å²) in [6, 6.07) is 16.0. The fourth-order valence-corrected chi connectivity index (χ4v) is 2.94. The second-order valence-electron chi connectivity index (χ2n) is 6.30. The van der Waals surface area contributed by atoms with Crippen LogP contribution in [0.1, 0.15) is 12.5 Å². The molecule has 0 bridgehead atoms. The topological polar surface area (TPSA) is 59.3 Å². The van der Waals surface area contributed by atoms with Crippen LogP contribution in [-0.2, 0) is 4.79 Å². The summed E-state index contributed by atoms with van der Waals surface area (Å²) < 4.78 is 1.79. The summed E-state index contributed by atoms with van der Waals surface area (Å²) in [5, 5.41) is 7.26. The van der Waals surface area contributed by atoms with Gasteiger partial charge in [0.25, 0.3) is 0 Å². The molecule has 5 heteroatoms. The molecule has 5 nitrogen and oxygen atoms in total. The molecule has 0 radical (unpaired) electrons. The molecule has 0 saturated carbocycles. The van der Waals surface area contributed by atoms with Crippen LogP contribution in [0.2, 0.25) is 0 Å². The summed E-state index contributed by atoms with van der Waals surface area (Å²) in [6.07, 6.45) is 5.64. The van der Waals surface area contributed by atoms with Crippen molar-refractivity contribution in [3.63, 3.8) is 0 Å². The van der Waals surface area contributed by atoms with Crippen LogP contribution in [0, 0.1) is 6.92 Å². The van der Waals surface area contributed by atoms with Crippen molar-refractivity contribution in [2.75, 3.05) is 5.32 Å². The third-order valence-corrected chi connectivity index (χ3v) is 4.24. The Balaban J connectivity index is 1.74. The lowest BCUT2D eigenvalue weighted by atomic mass is 10.1. The highest BCUT2D eigenvalue weighted by Gasteiger charge is 2.10. The Bertz CT molecular complexity index is 1100. The Morgan fingerprint density at radius 1 is 1.00 bits per heavy atom. The van der Waals surface area contributed by atoms with E-state index in [0.717, 1.165) is 33.6 Å². The number of nitrogens with one attached hydrogen (secondary N) is 1. The fourth-order valence-electron chi connectivity index (χ4n) is 2.94. The van der Waals surface area contributed by atoms with Gasteiger partial charge in [-0.1, -0.05) is 42.0 Å². The standard InChI is InChI=1S/C21H18N4O/c1-14-6-8-16(9-7-14)18-11-22-21-20(12-23-25(21)13-18)17-4-3-5-19(10-17)24-15(2)26/h3-13H,1-2H3,(H,24,26). The quantitative estimate of drug-likeness (QED) is 0.603. The van der Waals surface area contributed by atoms with Crippen LogP contribution in [0.4, 0.5) is 5.69 Å². The maximum atomic E-state index is 11.3. The van der Waals surface area contributed by atoms with E-state index >= 15 is 0 Å². The van der Waals surface area contributed by atoms with E-state index in [1.165, 1.54) is 12.5 Å². The van der Waals surface area contributed by atoms with E-state index in [1.54, 1.807) is 10.7 Å². The number of aryl methyl sites for hydroxylation is 1. The van der Waals surface area contributed by atoms with Crippen LogP contribution in [0.3, 0.4) is 0 Å². The number of hydrogen-bond donors (Lipinski definition) is 1. The molecule has 0 spiro atoms. The van der Waals surface area contributed by atoms with Gasteiger partial charge in [-0.25, -0.2) is 9.50 Å². The van der Waals surface area contributed by atoms with Crippen molar-refractivity contribution < 1.29 is 4.79 Å². The predicted octanol–water partition coefficient (Wildman–Crippen LogP) is 4.33. The number of fused-ring (bicyclic) bond motifs is 1. The number of carbonyl (C=O) groups excluding carboxylic acids is 1. The molecule has 1 N–H and O–H groups in total. The van der Waals surface area contributed by atoms with Crippen molar-refractivity contribution in [1.82, 2.24) is 14.6 Å². The Labute approximate surface area is 151 Å². The largest absolute Gasteiger partial charge is 0.326 e. The molecule has 4 rings (SSSR count). The normalized spacial score (nSPS) is 10.8.